The highest BCUT2D eigenvalue weighted by molar-refractivity contribution is 5.40. The van der Waals surface area contributed by atoms with E-state index in [0.717, 1.165) is 35.5 Å². The summed E-state index contributed by atoms with van der Waals surface area (Å²) >= 11 is 0. The van der Waals surface area contributed by atoms with Crippen molar-refractivity contribution in [3.63, 3.8) is 0 Å². The van der Waals surface area contributed by atoms with Crippen molar-refractivity contribution in [3.8, 4) is 5.75 Å². The molecule has 0 radical (unpaired) electrons. The van der Waals surface area contributed by atoms with Gasteiger partial charge in [-0.05, 0) is 55.3 Å². The molecule has 1 aromatic heterocycles. The lowest BCUT2D eigenvalue weighted by Crippen LogP contribution is -2.25. The van der Waals surface area contributed by atoms with E-state index in [2.05, 4.69) is 17.2 Å². The van der Waals surface area contributed by atoms with Crippen molar-refractivity contribution in [2.45, 2.75) is 26.3 Å². The van der Waals surface area contributed by atoms with E-state index in [9.17, 15) is 4.39 Å². The van der Waals surface area contributed by atoms with Gasteiger partial charge in [-0.15, -0.1) is 0 Å². The maximum Gasteiger partial charge on any atom is 0.142 e. The zero-order chi connectivity index (χ0) is 15.2. The predicted octanol–water partition coefficient (Wildman–Crippen LogP) is 3.63. The van der Waals surface area contributed by atoms with Crippen molar-refractivity contribution in [2.75, 3.05) is 13.7 Å². The Bertz CT molecular complexity index is 601. The number of rotatable bonds is 6. The normalized spacial score (nSPS) is 12.2. The number of nitrogens with one attached hydrogen (secondary N) is 1. The van der Waals surface area contributed by atoms with Crippen LogP contribution < -0.4 is 10.1 Å². The summed E-state index contributed by atoms with van der Waals surface area (Å²) in [5.74, 6) is 0.508. The number of nitrogens with zero attached hydrogens (tertiary/aromatic N) is 1. The Morgan fingerprint density at radius 3 is 2.81 bits per heavy atom. The fraction of sp³-hybridized carbons (Fsp3) is 0.353. The number of ether oxygens (including phenoxy) is 1. The van der Waals surface area contributed by atoms with Crippen LogP contribution in [0.5, 0.6) is 5.75 Å². The molecule has 1 unspecified atom stereocenters. The van der Waals surface area contributed by atoms with Gasteiger partial charge in [0.1, 0.15) is 17.3 Å². The highest BCUT2D eigenvalue weighted by Gasteiger charge is 2.20. The topological polar surface area (TPSA) is 34.2 Å². The summed E-state index contributed by atoms with van der Waals surface area (Å²) in [5, 5.41) is 3.47. The predicted molar refractivity (Wildman–Crippen MR) is 82.1 cm³/mol. The molecule has 0 saturated heterocycles. The maximum absolute atomic E-state index is 13.4. The van der Waals surface area contributed by atoms with Gasteiger partial charge in [-0.3, -0.25) is 4.98 Å². The maximum atomic E-state index is 13.4. The number of hydrogen-bond donors (Lipinski definition) is 1. The molecule has 21 heavy (non-hydrogen) atoms. The molecule has 0 amide bonds. The van der Waals surface area contributed by atoms with E-state index in [4.69, 9.17) is 4.74 Å². The Balaban J connectivity index is 2.47. The molecule has 0 bridgehead atoms. The molecule has 1 N–H and O–H groups in total. The average Bonchev–Trinajstić information content (AvgIpc) is 2.49. The molecule has 4 heteroatoms. The van der Waals surface area contributed by atoms with Crippen LogP contribution in [-0.2, 0) is 0 Å². The molecule has 1 heterocycles. The van der Waals surface area contributed by atoms with E-state index in [1.165, 1.54) is 6.07 Å². The Hall–Kier alpha value is -1.94. The molecule has 2 rings (SSSR count). The van der Waals surface area contributed by atoms with Crippen molar-refractivity contribution >= 4 is 0 Å². The summed E-state index contributed by atoms with van der Waals surface area (Å²) in [4.78, 5) is 4.46. The first-order valence-corrected chi connectivity index (χ1v) is 7.15. The molecule has 1 aromatic carbocycles. The monoisotopic (exact) mass is 288 g/mol. The van der Waals surface area contributed by atoms with Crippen LogP contribution in [-0.4, -0.2) is 18.6 Å². The molecule has 1 atom stereocenters. The van der Waals surface area contributed by atoms with Crippen LogP contribution in [0.25, 0.3) is 0 Å². The SMILES string of the molecule is CCCNC(c1ccc(F)cc1C)c1ncccc1OC. The molecule has 2 aromatic rings. The molecule has 0 aliphatic carbocycles. The smallest absolute Gasteiger partial charge is 0.142 e. The Labute approximate surface area is 125 Å². The molecule has 112 valence electrons. The summed E-state index contributed by atoms with van der Waals surface area (Å²) in [5.41, 5.74) is 2.74. The fourth-order valence-corrected chi connectivity index (χ4v) is 2.40. The van der Waals surface area contributed by atoms with Gasteiger partial charge in [0.15, 0.2) is 0 Å². The van der Waals surface area contributed by atoms with Gasteiger partial charge in [0.2, 0.25) is 0 Å². The summed E-state index contributed by atoms with van der Waals surface area (Å²) in [6.45, 7) is 4.87. The lowest BCUT2D eigenvalue weighted by atomic mass is 9.97. The molecule has 0 aliphatic rings. The minimum Gasteiger partial charge on any atom is -0.495 e. The largest absolute Gasteiger partial charge is 0.495 e. The standard InChI is InChI=1S/C17H21FN2O/c1-4-9-19-16(14-8-7-13(18)11-12(14)2)17-15(21-3)6-5-10-20-17/h5-8,10-11,16,19H,4,9H2,1-3H3. The first-order valence-electron chi connectivity index (χ1n) is 7.15. The zero-order valence-corrected chi connectivity index (χ0v) is 12.7. The molecule has 3 nitrogen and oxygen atoms in total. The van der Waals surface area contributed by atoms with Gasteiger partial charge in [0.05, 0.1) is 13.2 Å². The molecule has 0 aliphatic heterocycles. The van der Waals surface area contributed by atoms with E-state index in [1.807, 2.05) is 25.1 Å². The van der Waals surface area contributed by atoms with Gasteiger partial charge in [-0.25, -0.2) is 4.39 Å². The first-order chi connectivity index (χ1) is 10.2. The third kappa shape index (κ3) is 3.58. The van der Waals surface area contributed by atoms with Crippen molar-refractivity contribution in [1.29, 1.82) is 0 Å². The average molecular weight is 288 g/mol. The van der Waals surface area contributed by atoms with E-state index < -0.39 is 0 Å². The highest BCUT2D eigenvalue weighted by atomic mass is 19.1. The second kappa shape index (κ2) is 7.18. The van der Waals surface area contributed by atoms with Gasteiger partial charge < -0.3 is 10.1 Å². The van der Waals surface area contributed by atoms with Crippen LogP contribution in [0.3, 0.4) is 0 Å². The Kier molecular flexibility index (Phi) is 5.28. The van der Waals surface area contributed by atoms with Crippen LogP contribution in [0.2, 0.25) is 0 Å². The lowest BCUT2D eigenvalue weighted by molar-refractivity contribution is 0.399. The van der Waals surface area contributed by atoms with Gasteiger partial charge in [0.25, 0.3) is 0 Å². The molecular weight excluding hydrogens is 267 g/mol. The van der Waals surface area contributed by atoms with Gasteiger partial charge >= 0.3 is 0 Å². The van der Waals surface area contributed by atoms with Crippen molar-refractivity contribution in [2.24, 2.45) is 0 Å². The second-order valence-corrected chi connectivity index (χ2v) is 4.98. The van der Waals surface area contributed by atoms with Crippen LogP contribution in [0, 0.1) is 12.7 Å². The minimum atomic E-state index is -0.224. The zero-order valence-electron chi connectivity index (χ0n) is 12.7. The van der Waals surface area contributed by atoms with Crippen molar-refractivity contribution < 1.29 is 9.13 Å². The molecule has 0 spiro atoms. The number of methoxy groups -OCH3 is 1. The van der Waals surface area contributed by atoms with Crippen molar-refractivity contribution in [3.05, 3.63) is 59.2 Å². The second-order valence-electron chi connectivity index (χ2n) is 4.98. The number of benzene rings is 1. The molecule has 0 saturated carbocycles. The van der Waals surface area contributed by atoms with E-state index in [0.29, 0.717) is 0 Å². The number of aromatic nitrogens is 1. The third-order valence-corrected chi connectivity index (χ3v) is 3.43. The Morgan fingerprint density at radius 2 is 2.14 bits per heavy atom. The fourth-order valence-electron chi connectivity index (χ4n) is 2.40. The third-order valence-electron chi connectivity index (χ3n) is 3.43. The highest BCUT2D eigenvalue weighted by Crippen LogP contribution is 2.30. The van der Waals surface area contributed by atoms with E-state index >= 15 is 0 Å². The number of halogens is 1. The molecule has 0 fully saturated rings. The van der Waals surface area contributed by atoms with Crippen molar-refractivity contribution in [1.82, 2.24) is 10.3 Å². The van der Waals surface area contributed by atoms with Crippen LogP contribution in [0.1, 0.15) is 36.2 Å². The van der Waals surface area contributed by atoms with Crippen LogP contribution >= 0.6 is 0 Å². The number of aryl methyl sites for hydroxylation is 1. The van der Waals surface area contributed by atoms with Gasteiger partial charge in [-0.1, -0.05) is 13.0 Å². The Morgan fingerprint density at radius 1 is 1.33 bits per heavy atom. The van der Waals surface area contributed by atoms with E-state index in [1.54, 1.807) is 19.4 Å². The first kappa shape index (κ1) is 15.4. The van der Waals surface area contributed by atoms with Crippen LogP contribution in [0.15, 0.2) is 36.5 Å². The summed E-state index contributed by atoms with van der Waals surface area (Å²) in [6, 6.07) is 8.47. The van der Waals surface area contributed by atoms with Gasteiger partial charge in [0, 0.05) is 6.20 Å². The summed E-state index contributed by atoms with van der Waals surface area (Å²) in [6.07, 6.45) is 2.75. The number of hydrogen-bond acceptors (Lipinski definition) is 3. The lowest BCUT2D eigenvalue weighted by Gasteiger charge is -2.22. The molecular formula is C17H21FN2O. The summed E-state index contributed by atoms with van der Waals surface area (Å²) in [7, 11) is 1.63. The number of pyridine rings is 1. The van der Waals surface area contributed by atoms with Gasteiger partial charge in [-0.2, -0.15) is 0 Å². The quantitative estimate of drug-likeness (QED) is 0.881. The minimum absolute atomic E-state index is 0.110. The summed E-state index contributed by atoms with van der Waals surface area (Å²) < 4.78 is 18.8. The van der Waals surface area contributed by atoms with Crippen LogP contribution in [0.4, 0.5) is 4.39 Å². The van der Waals surface area contributed by atoms with E-state index in [-0.39, 0.29) is 11.9 Å².